The van der Waals surface area contributed by atoms with Gasteiger partial charge in [0.15, 0.2) is 0 Å². The van der Waals surface area contributed by atoms with Gasteiger partial charge in [0, 0.05) is 6.42 Å². The fourth-order valence-corrected chi connectivity index (χ4v) is 2.49. The van der Waals surface area contributed by atoms with Crippen LogP contribution in [0.4, 0.5) is 0 Å². The molecule has 0 amide bonds. The summed E-state index contributed by atoms with van der Waals surface area (Å²) in [5, 5.41) is 3.36. The Bertz CT molecular complexity index is 198. The van der Waals surface area contributed by atoms with Crippen molar-refractivity contribution < 1.29 is 9.53 Å². The van der Waals surface area contributed by atoms with E-state index in [0.717, 1.165) is 13.1 Å². The number of methoxy groups -OCH3 is 1. The van der Waals surface area contributed by atoms with Crippen LogP contribution in [0.2, 0.25) is 0 Å². The van der Waals surface area contributed by atoms with Gasteiger partial charge in [-0.2, -0.15) is 0 Å². The zero-order chi connectivity index (χ0) is 11.3. The number of carbonyl (C=O) groups is 1. The molecule has 1 rings (SSSR count). The summed E-state index contributed by atoms with van der Waals surface area (Å²) in [7, 11) is 1.47. The molecule has 0 saturated carbocycles. The largest absolute Gasteiger partial charge is 0.469 e. The van der Waals surface area contributed by atoms with Gasteiger partial charge in [-0.05, 0) is 43.7 Å². The molecule has 1 aliphatic heterocycles. The van der Waals surface area contributed by atoms with E-state index in [4.69, 9.17) is 4.74 Å². The number of carbonyl (C=O) groups excluding carboxylic acids is 1. The van der Waals surface area contributed by atoms with Crippen LogP contribution in [0.3, 0.4) is 0 Å². The maximum absolute atomic E-state index is 11.3. The van der Waals surface area contributed by atoms with Gasteiger partial charge in [0.05, 0.1) is 7.11 Å². The molecule has 0 aliphatic carbocycles. The standard InChI is InChI=1S/C12H23NO2/c1-9(2)11(8-12(14)15-3)10-4-6-13-7-5-10/h9-11,13H,4-8H2,1-3H3. The van der Waals surface area contributed by atoms with Crippen molar-refractivity contribution in [3.05, 3.63) is 0 Å². The predicted molar refractivity (Wildman–Crippen MR) is 60.6 cm³/mol. The minimum atomic E-state index is -0.0627. The molecule has 0 bridgehead atoms. The summed E-state index contributed by atoms with van der Waals surface area (Å²) in [6.07, 6.45) is 2.97. The van der Waals surface area contributed by atoms with Crippen LogP contribution >= 0.6 is 0 Å². The molecule has 3 nitrogen and oxygen atoms in total. The van der Waals surface area contributed by atoms with Gasteiger partial charge in [-0.1, -0.05) is 13.8 Å². The Morgan fingerprint density at radius 1 is 1.40 bits per heavy atom. The summed E-state index contributed by atoms with van der Waals surface area (Å²) in [4.78, 5) is 11.3. The molecule has 1 unspecified atom stereocenters. The van der Waals surface area contributed by atoms with E-state index in [1.54, 1.807) is 0 Å². The highest BCUT2D eigenvalue weighted by atomic mass is 16.5. The molecule has 88 valence electrons. The van der Waals surface area contributed by atoms with E-state index in [1.807, 2.05) is 0 Å². The van der Waals surface area contributed by atoms with Crippen molar-refractivity contribution in [2.45, 2.75) is 33.1 Å². The third-order valence-electron chi connectivity index (χ3n) is 3.48. The fourth-order valence-electron chi connectivity index (χ4n) is 2.49. The van der Waals surface area contributed by atoms with Crippen LogP contribution in [-0.2, 0) is 9.53 Å². The fraction of sp³-hybridized carbons (Fsp3) is 0.917. The first kappa shape index (κ1) is 12.5. The summed E-state index contributed by atoms with van der Waals surface area (Å²) in [6, 6.07) is 0. The molecular weight excluding hydrogens is 190 g/mol. The number of rotatable bonds is 4. The van der Waals surface area contributed by atoms with Crippen molar-refractivity contribution >= 4 is 5.97 Å². The molecule has 1 N–H and O–H groups in total. The van der Waals surface area contributed by atoms with Gasteiger partial charge in [-0.25, -0.2) is 0 Å². The molecule has 0 aromatic carbocycles. The van der Waals surface area contributed by atoms with Crippen LogP contribution in [0, 0.1) is 17.8 Å². The van der Waals surface area contributed by atoms with Crippen molar-refractivity contribution in [2.24, 2.45) is 17.8 Å². The predicted octanol–water partition coefficient (Wildman–Crippen LogP) is 1.82. The van der Waals surface area contributed by atoms with Gasteiger partial charge >= 0.3 is 5.97 Å². The lowest BCUT2D eigenvalue weighted by atomic mass is 9.76. The van der Waals surface area contributed by atoms with Crippen molar-refractivity contribution in [3.63, 3.8) is 0 Å². The van der Waals surface area contributed by atoms with Gasteiger partial charge < -0.3 is 10.1 Å². The number of esters is 1. The van der Waals surface area contributed by atoms with Gasteiger partial charge in [0.1, 0.15) is 0 Å². The van der Waals surface area contributed by atoms with Crippen LogP contribution in [0.15, 0.2) is 0 Å². The Morgan fingerprint density at radius 2 is 2.00 bits per heavy atom. The number of hydrogen-bond acceptors (Lipinski definition) is 3. The summed E-state index contributed by atoms with van der Waals surface area (Å²) in [5.74, 6) is 1.67. The minimum Gasteiger partial charge on any atom is -0.469 e. The Morgan fingerprint density at radius 3 is 2.47 bits per heavy atom. The van der Waals surface area contributed by atoms with E-state index in [9.17, 15) is 4.79 Å². The third-order valence-corrected chi connectivity index (χ3v) is 3.48. The Labute approximate surface area is 92.6 Å². The van der Waals surface area contributed by atoms with E-state index in [-0.39, 0.29) is 5.97 Å². The smallest absolute Gasteiger partial charge is 0.305 e. The second-order valence-electron chi connectivity index (χ2n) is 4.78. The molecule has 15 heavy (non-hydrogen) atoms. The summed E-state index contributed by atoms with van der Waals surface area (Å²) in [6.45, 7) is 6.59. The molecule has 0 aromatic rings. The zero-order valence-corrected chi connectivity index (χ0v) is 10.1. The molecular formula is C12H23NO2. The van der Waals surface area contributed by atoms with Crippen molar-refractivity contribution in [3.8, 4) is 0 Å². The normalized spacial score (nSPS) is 20.3. The van der Waals surface area contributed by atoms with E-state index >= 15 is 0 Å². The first-order valence-corrected chi connectivity index (χ1v) is 5.92. The molecule has 0 spiro atoms. The van der Waals surface area contributed by atoms with Gasteiger partial charge in [0.25, 0.3) is 0 Å². The highest BCUT2D eigenvalue weighted by Gasteiger charge is 2.28. The summed E-state index contributed by atoms with van der Waals surface area (Å²) >= 11 is 0. The molecule has 1 saturated heterocycles. The third kappa shape index (κ3) is 3.82. The molecule has 1 aliphatic rings. The lowest BCUT2D eigenvalue weighted by molar-refractivity contribution is -0.142. The molecule has 1 heterocycles. The van der Waals surface area contributed by atoms with E-state index < -0.39 is 0 Å². The number of hydrogen-bond donors (Lipinski definition) is 1. The topological polar surface area (TPSA) is 38.3 Å². The van der Waals surface area contributed by atoms with Gasteiger partial charge in [-0.15, -0.1) is 0 Å². The Kier molecular flexibility index (Phi) is 5.09. The Hall–Kier alpha value is -0.570. The highest BCUT2D eigenvalue weighted by Crippen LogP contribution is 2.31. The molecule has 1 atom stereocenters. The van der Waals surface area contributed by atoms with E-state index in [0.29, 0.717) is 24.2 Å². The summed E-state index contributed by atoms with van der Waals surface area (Å²) < 4.78 is 4.77. The maximum atomic E-state index is 11.3. The lowest BCUT2D eigenvalue weighted by Gasteiger charge is -2.32. The second kappa shape index (κ2) is 6.11. The average molecular weight is 213 g/mol. The quantitative estimate of drug-likeness (QED) is 0.724. The van der Waals surface area contributed by atoms with E-state index in [1.165, 1.54) is 20.0 Å². The van der Waals surface area contributed by atoms with Crippen LogP contribution in [0.1, 0.15) is 33.1 Å². The number of nitrogens with one attached hydrogen (secondary N) is 1. The van der Waals surface area contributed by atoms with Gasteiger partial charge in [-0.3, -0.25) is 4.79 Å². The second-order valence-corrected chi connectivity index (χ2v) is 4.78. The van der Waals surface area contributed by atoms with Crippen LogP contribution in [0.25, 0.3) is 0 Å². The van der Waals surface area contributed by atoms with Crippen LogP contribution < -0.4 is 5.32 Å². The minimum absolute atomic E-state index is 0.0627. The molecule has 0 aromatic heterocycles. The number of ether oxygens (including phenoxy) is 1. The van der Waals surface area contributed by atoms with Gasteiger partial charge in [0.2, 0.25) is 0 Å². The van der Waals surface area contributed by atoms with Crippen molar-refractivity contribution in [1.82, 2.24) is 5.32 Å². The molecule has 3 heteroatoms. The lowest BCUT2D eigenvalue weighted by Crippen LogP contribution is -2.34. The van der Waals surface area contributed by atoms with Crippen LogP contribution in [0.5, 0.6) is 0 Å². The SMILES string of the molecule is COC(=O)CC(C(C)C)C1CCNCC1. The molecule has 1 fully saturated rings. The molecule has 0 radical (unpaired) electrons. The van der Waals surface area contributed by atoms with Crippen molar-refractivity contribution in [2.75, 3.05) is 20.2 Å². The highest BCUT2D eigenvalue weighted by molar-refractivity contribution is 5.69. The van der Waals surface area contributed by atoms with Crippen LogP contribution in [-0.4, -0.2) is 26.2 Å². The van der Waals surface area contributed by atoms with Crippen molar-refractivity contribution in [1.29, 1.82) is 0 Å². The first-order valence-electron chi connectivity index (χ1n) is 5.92. The monoisotopic (exact) mass is 213 g/mol. The maximum Gasteiger partial charge on any atom is 0.305 e. The Balaban J connectivity index is 2.51. The number of piperidine rings is 1. The average Bonchev–Trinajstić information content (AvgIpc) is 2.26. The zero-order valence-electron chi connectivity index (χ0n) is 10.1. The van der Waals surface area contributed by atoms with E-state index in [2.05, 4.69) is 19.2 Å². The first-order chi connectivity index (χ1) is 7.15. The summed E-state index contributed by atoms with van der Waals surface area (Å²) in [5.41, 5.74) is 0.